The molecule has 52 heavy (non-hydrogen) atoms. The van der Waals surface area contributed by atoms with Gasteiger partial charge in [0.1, 0.15) is 23.5 Å². The highest BCUT2D eigenvalue weighted by Gasteiger charge is 2.45. The molecule has 13 nitrogen and oxygen atoms in total. The van der Waals surface area contributed by atoms with E-state index in [1.807, 2.05) is 90.1 Å². The summed E-state index contributed by atoms with van der Waals surface area (Å²) in [6, 6.07) is 9.11. The zero-order valence-electron chi connectivity index (χ0n) is 31.3. The lowest BCUT2D eigenvalue weighted by Crippen LogP contribution is -2.57. The van der Waals surface area contributed by atoms with Crippen molar-refractivity contribution in [1.82, 2.24) is 30.4 Å². The standard InChI is InChI=1S/C38H51N7O6S/c1-23(25-9-11-26(12-10-25)31-24(2)40-22-52-31)41-34(48)29-19-28(46)21-45(29)35(49)32(37(3,4)5)42-33(47)27-13-14-30(39-20-27)43-15-17-44(18-16-43)36(50)51-38(6,7)8/h9-14,20,22-23,28-29,32,46H,15-19,21H2,1-8H3,(H,41,48)(H,42,47)/t23?,28-,29+,32?/m1/s1. The second kappa shape index (κ2) is 15.6. The third kappa shape index (κ3) is 9.26. The van der Waals surface area contributed by atoms with Gasteiger partial charge in [0.25, 0.3) is 5.91 Å². The molecule has 2 aliphatic rings. The van der Waals surface area contributed by atoms with Crippen molar-refractivity contribution in [3.8, 4) is 10.4 Å². The van der Waals surface area contributed by atoms with Gasteiger partial charge >= 0.3 is 6.09 Å². The zero-order chi connectivity index (χ0) is 38.0. The summed E-state index contributed by atoms with van der Waals surface area (Å²) < 4.78 is 5.48. The molecule has 3 N–H and O–H groups in total. The molecule has 280 valence electrons. The monoisotopic (exact) mass is 733 g/mol. The largest absolute Gasteiger partial charge is 0.444 e. The molecule has 0 radical (unpaired) electrons. The summed E-state index contributed by atoms with van der Waals surface area (Å²) in [6.07, 6.45) is 0.341. The lowest BCUT2D eigenvalue weighted by Gasteiger charge is -2.36. The molecule has 2 fully saturated rings. The molecule has 5 rings (SSSR count). The molecule has 0 aliphatic carbocycles. The van der Waals surface area contributed by atoms with E-state index >= 15 is 0 Å². The van der Waals surface area contributed by atoms with Gasteiger partial charge in [-0.1, -0.05) is 45.0 Å². The van der Waals surface area contributed by atoms with Crippen molar-refractivity contribution in [2.75, 3.05) is 37.6 Å². The number of aryl methyl sites for hydroxylation is 1. The summed E-state index contributed by atoms with van der Waals surface area (Å²) in [4.78, 5) is 68.7. The van der Waals surface area contributed by atoms with Crippen LogP contribution in [0.5, 0.6) is 0 Å². The van der Waals surface area contributed by atoms with Crippen molar-refractivity contribution >= 4 is 41.0 Å². The Bertz CT molecular complexity index is 1740. The lowest BCUT2D eigenvalue weighted by molar-refractivity contribution is -0.142. The zero-order valence-corrected chi connectivity index (χ0v) is 32.1. The fourth-order valence-electron chi connectivity index (χ4n) is 6.38. The SMILES string of the molecule is Cc1ncsc1-c1ccc(C(C)NC(=O)[C@@H]2C[C@@H](O)CN2C(=O)C(NC(=O)c2ccc(N3CCN(C(=O)OC(C)(C)C)CC3)nc2)C(C)(C)C)cc1. The van der Waals surface area contributed by atoms with Gasteiger partial charge in [0.2, 0.25) is 11.8 Å². The van der Waals surface area contributed by atoms with Crippen LogP contribution in [0.4, 0.5) is 10.6 Å². The number of nitrogens with zero attached hydrogens (tertiary/aromatic N) is 5. The minimum atomic E-state index is -0.985. The highest BCUT2D eigenvalue weighted by molar-refractivity contribution is 7.13. The van der Waals surface area contributed by atoms with Gasteiger partial charge in [0.15, 0.2) is 0 Å². The minimum absolute atomic E-state index is 0.0198. The Morgan fingerprint density at radius 3 is 2.17 bits per heavy atom. The predicted molar refractivity (Wildman–Crippen MR) is 200 cm³/mol. The maximum Gasteiger partial charge on any atom is 0.410 e. The summed E-state index contributed by atoms with van der Waals surface area (Å²) >= 11 is 1.57. The van der Waals surface area contributed by atoms with Crippen LogP contribution in [0.15, 0.2) is 48.1 Å². The summed E-state index contributed by atoms with van der Waals surface area (Å²) in [5, 5.41) is 16.5. The number of aliphatic hydroxyl groups is 1. The number of piperazine rings is 1. The number of amides is 4. The fourth-order valence-corrected chi connectivity index (χ4v) is 7.19. The first kappa shape index (κ1) is 38.7. The van der Waals surface area contributed by atoms with E-state index < -0.39 is 41.0 Å². The second-order valence-electron chi connectivity index (χ2n) is 15.6. The molecule has 14 heteroatoms. The van der Waals surface area contributed by atoms with Gasteiger partial charge in [-0.25, -0.2) is 14.8 Å². The molecule has 0 bridgehead atoms. The van der Waals surface area contributed by atoms with Gasteiger partial charge < -0.3 is 35.2 Å². The Labute approximate surface area is 309 Å². The molecule has 0 saturated carbocycles. The quantitative estimate of drug-likeness (QED) is 0.302. The predicted octanol–water partition coefficient (Wildman–Crippen LogP) is 4.55. The summed E-state index contributed by atoms with van der Waals surface area (Å²) in [5.74, 6) is -0.621. The van der Waals surface area contributed by atoms with Crippen molar-refractivity contribution < 1.29 is 29.0 Å². The fraction of sp³-hybridized carbons (Fsp3) is 0.526. The molecule has 4 heterocycles. The van der Waals surface area contributed by atoms with E-state index in [0.29, 0.717) is 32.0 Å². The molecule has 2 aromatic heterocycles. The molecule has 2 aliphatic heterocycles. The number of aromatic nitrogens is 2. The molecular weight excluding hydrogens is 683 g/mol. The first-order valence-electron chi connectivity index (χ1n) is 17.7. The average molecular weight is 734 g/mol. The van der Waals surface area contributed by atoms with Gasteiger partial charge in [-0.15, -0.1) is 11.3 Å². The minimum Gasteiger partial charge on any atom is -0.444 e. The number of hydrogen-bond acceptors (Lipinski definition) is 10. The Morgan fingerprint density at radius 1 is 0.942 bits per heavy atom. The van der Waals surface area contributed by atoms with E-state index in [1.54, 1.807) is 28.4 Å². The van der Waals surface area contributed by atoms with Gasteiger partial charge in [0.05, 0.1) is 33.8 Å². The van der Waals surface area contributed by atoms with Gasteiger partial charge in [-0.3, -0.25) is 14.4 Å². The van der Waals surface area contributed by atoms with Crippen molar-refractivity contribution in [3.63, 3.8) is 0 Å². The van der Waals surface area contributed by atoms with Crippen LogP contribution in [-0.4, -0.2) is 105 Å². The molecule has 4 amide bonds. The molecule has 0 spiro atoms. The summed E-state index contributed by atoms with van der Waals surface area (Å²) in [6.45, 7) is 17.0. The highest BCUT2D eigenvalue weighted by atomic mass is 32.1. The third-order valence-corrected chi connectivity index (χ3v) is 10.3. The Hall–Kier alpha value is -4.56. The van der Waals surface area contributed by atoms with Crippen molar-refractivity contribution in [2.24, 2.45) is 5.41 Å². The number of hydrogen-bond donors (Lipinski definition) is 3. The van der Waals surface area contributed by atoms with E-state index in [2.05, 4.69) is 20.6 Å². The average Bonchev–Trinajstić information content (AvgIpc) is 3.71. The number of benzene rings is 1. The number of carbonyl (C=O) groups excluding carboxylic acids is 4. The van der Waals surface area contributed by atoms with E-state index in [9.17, 15) is 24.3 Å². The molecule has 3 aromatic rings. The van der Waals surface area contributed by atoms with Crippen molar-refractivity contribution in [2.45, 2.75) is 91.6 Å². The number of thiazole rings is 1. The van der Waals surface area contributed by atoms with E-state index in [0.717, 1.165) is 21.7 Å². The van der Waals surface area contributed by atoms with Gasteiger partial charge in [-0.05, 0) is 63.3 Å². The molecular formula is C38H51N7O6S. The summed E-state index contributed by atoms with van der Waals surface area (Å²) in [7, 11) is 0. The number of anilines is 1. The van der Waals surface area contributed by atoms with Gasteiger partial charge in [-0.2, -0.15) is 0 Å². The first-order chi connectivity index (χ1) is 24.4. The number of nitrogens with one attached hydrogen (secondary N) is 2. The van der Waals surface area contributed by atoms with Crippen LogP contribution in [-0.2, 0) is 14.3 Å². The smallest absolute Gasteiger partial charge is 0.410 e. The van der Waals surface area contributed by atoms with Crippen LogP contribution in [0, 0.1) is 12.3 Å². The normalized spacial score (nSPS) is 19.2. The first-order valence-corrected chi connectivity index (χ1v) is 18.6. The third-order valence-electron chi connectivity index (χ3n) is 9.30. The maximum atomic E-state index is 14.1. The van der Waals surface area contributed by atoms with E-state index in [-0.39, 0.29) is 36.6 Å². The number of ether oxygens (including phenoxy) is 1. The Balaban J connectivity index is 1.21. The number of rotatable bonds is 8. The topological polar surface area (TPSA) is 157 Å². The maximum absolute atomic E-state index is 14.1. The van der Waals surface area contributed by atoms with Crippen molar-refractivity contribution in [3.05, 3.63) is 64.9 Å². The summed E-state index contributed by atoms with van der Waals surface area (Å²) in [5.41, 5.74) is 3.73. The Kier molecular flexibility index (Phi) is 11.6. The molecule has 2 unspecified atom stereocenters. The highest BCUT2D eigenvalue weighted by Crippen LogP contribution is 2.30. The Morgan fingerprint density at radius 2 is 1.62 bits per heavy atom. The second-order valence-corrected chi connectivity index (χ2v) is 16.5. The van der Waals surface area contributed by atoms with E-state index in [4.69, 9.17) is 4.74 Å². The molecule has 4 atom stereocenters. The number of likely N-dealkylation sites (tertiary alicyclic amines) is 1. The van der Waals surface area contributed by atoms with E-state index in [1.165, 1.54) is 11.1 Å². The van der Waals surface area contributed by atoms with Crippen LogP contribution >= 0.6 is 11.3 Å². The number of pyridine rings is 1. The molecule has 2 saturated heterocycles. The van der Waals surface area contributed by atoms with Crippen LogP contribution < -0.4 is 15.5 Å². The number of carbonyl (C=O) groups is 4. The van der Waals surface area contributed by atoms with Crippen LogP contribution in [0.1, 0.15) is 82.5 Å². The molecule has 1 aromatic carbocycles. The number of aliphatic hydroxyl groups excluding tert-OH is 1. The van der Waals surface area contributed by atoms with Crippen LogP contribution in [0.3, 0.4) is 0 Å². The van der Waals surface area contributed by atoms with Crippen molar-refractivity contribution in [1.29, 1.82) is 0 Å². The van der Waals surface area contributed by atoms with Crippen LogP contribution in [0.2, 0.25) is 0 Å². The lowest BCUT2D eigenvalue weighted by atomic mass is 9.85. The van der Waals surface area contributed by atoms with Gasteiger partial charge in [0, 0.05) is 45.3 Å². The number of β-amino-alcohol motifs (C(OH)–C–C–N with tert-alkyl or cyclic N) is 1. The van der Waals surface area contributed by atoms with Crippen LogP contribution in [0.25, 0.3) is 10.4 Å².